The molecule has 6 nitrogen and oxygen atoms in total. The first-order valence-corrected chi connectivity index (χ1v) is 7.12. The molecule has 112 valence electrons. The van der Waals surface area contributed by atoms with E-state index in [1.807, 2.05) is 6.07 Å². The van der Waals surface area contributed by atoms with Crippen molar-refractivity contribution in [3.05, 3.63) is 11.9 Å². The first-order chi connectivity index (χ1) is 9.56. The lowest BCUT2D eigenvalue weighted by Gasteiger charge is -2.13. The van der Waals surface area contributed by atoms with Crippen LogP contribution in [0.2, 0.25) is 0 Å². The second kappa shape index (κ2) is 8.35. The third-order valence-electron chi connectivity index (χ3n) is 2.72. The zero-order chi connectivity index (χ0) is 15.0. The number of amides is 1. The van der Waals surface area contributed by atoms with Gasteiger partial charge in [-0.05, 0) is 12.8 Å². The molecule has 0 spiro atoms. The molecule has 0 aromatic carbocycles. The maximum atomic E-state index is 11.6. The van der Waals surface area contributed by atoms with Crippen LogP contribution >= 0.6 is 0 Å². The summed E-state index contributed by atoms with van der Waals surface area (Å²) in [6.45, 7) is 5.32. The fraction of sp³-hybridized carbons (Fsp3) is 0.643. The molecule has 0 bridgehead atoms. The van der Waals surface area contributed by atoms with Crippen LogP contribution in [0, 0.1) is 0 Å². The van der Waals surface area contributed by atoms with Crippen LogP contribution < -0.4 is 10.6 Å². The molecule has 1 aromatic heterocycles. The summed E-state index contributed by atoms with van der Waals surface area (Å²) >= 11 is 0. The second-order valence-corrected chi connectivity index (χ2v) is 4.87. The van der Waals surface area contributed by atoms with Gasteiger partial charge >= 0.3 is 0 Å². The van der Waals surface area contributed by atoms with Gasteiger partial charge in [-0.3, -0.25) is 4.79 Å². The number of aromatic nitrogens is 2. The molecule has 0 atom stereocenters. The van der Waals surface area contributed by atoms with E-state index in [9.17, 15) is 4.79 Å². The largest absolute Gasteiger partial charge is 0.370 e. The molecule has 0 saturated carbocycles. The van der Waals surface area contributed by atoms with Gasteiger partial charge in [-0.2, -0.15) is 0 Å². The maximum Gasteiger partial charge on any atom is 0.241 e. The van der Waals surface area contributed by atoms with Crippen LogP contribution in [-0.4, -0.2) is 48.0 Å². The molecule has 2 N–H and O–H groups in total. The first-order valence-electron chi connectivity index (χ1n) is 7.12. The van der Waals surface area contributed by atoms with E-state index >= 15 is 0 Å². The van der Waals surface area contributed by atoms with E-state index in [0.29, 0.717) is 5.82 Å². The van der Waals surface area contributed by atoms with Crippen molar-refractivity contribution < 1.29 is 4.79 Å². The number of rotatable bonds is 8. The Labute approximate surface area is 121 Å². The molecule has 0 fully saturated rings. The van der Waals surface area contributed by atoms with E-state index in [-0.39, 0.29) is 12.5 Å². The molecular weight excluding hydrogens is 254 g/mol. The predicted octanol–water partition coefficient (Wildman–Crippen LogP) is 1.75. The average molecular weight is 279 g/mol. The van der Waals surface area contributed by atoms with E-state index in [1.54, 1.807) is 19.0 Å². The second-order valence-electron chi connectivity index (χ2n) is 4.87. The van der Waals surface area contributed by atoms with Gasteiger partial charge in [0.25, 0.3) is 0 Å². The molecule has 1 heterocycles. The maximum absolute atomic E-state index is 11.6. The van der Waals surface area contributed by atoms with Gasteiger partial charge in [-0.1, -0.05) is 13.8 Å². The van der Waals surface area contributed by atoms with Gasteiger partial charge in [0.2, 0.25) is 5.91 Å². The molecular formula is C14H25N5O. The van der Waals surface area contributed by atoms with Crippen LogP contribution in [0.4, 0.5) is 11.6 Å². The Hall–Kier alpha value is -1.85. The van der Waals surface area contributed by atoms with Gasteiger partial charge in [0.05, 0.1) is 6.54 Å². The van der Waals surface area contributed by atoms with Gasteiger partial charge < -0.3 is 15.5 Å². The Morgan fingerprint density at radius 1 is 1.15 bits per heavy atom. The van der Waals surface area contributed by atoms with Gasteiger partial charge in [0.1, 0.15) is 17.5 Å². The van der Waals surface area contributed by atoms with Gasteiger partial charge in [-0.15, -0.1) is 0 Å². The summed E-state index contributed by atoms with van der Waals surface area (Å²) in [7, 11) is 3.47. The Bertz CT molecular complexity index is 434. The fourth-order valence-corrected chi connectivity index (χ4v) is 1.59. The highest BCUT2D eigenvalue weighted by Gasteiger charge is 2.07. The van der Waals surface area contributed by atoms with E-state index in [1.165, 1.54) is 0 Å². The van der Waals surface area contributed by atoms with Crippen molar-refractivity contribution in [2.45, 2.75) is 33.1 Å². The topological polar surface area (TPSA) is 70.2 Å². The van der Waals surface area contributed by atoms with Gasteiger partial charge in [0, 0.05) is 33.1 Å². The van der Waals surface area contributed by atoms with Crippen LogP contribution in [0.15, 0.2) is 6.07 Å². The van der Waals surface area contributed by atoms with Crippen molar-refractivity contribution in [1.29, 1.82) is 0 Å². The summed E-state index contributed by atoms with van der Waals surface area (Å²) in [5, 5.41) is 6.32. The van der Waals surface area contributed by atoms with Crippen molar-refractivity contribution in [2.24, 2.45) is 0 Å². The molecule has 6 heteroatoms. The zero-order valence-corrected chi connectivity index (χ0v) is 12.9. The molecule has 0 radical (unpaired) electrons. The number of hydrogen-bond donors (Lipinski definition) is 2. The molecule has 0 aliphatic heterocycles. The number of carbonyl (C=O) groups is 1. The minimum atomic E-state index is 0.0173. The highest BCUT2D eigenvalue weighted by molar-refractivity contribution is 5.80. The smallest absolute Gasteiger partial charge is 0.241 e. The summed E-state index contributed by atoms with van der Waals surface area (Å²) in [5.74, 6) is 2.32. The molecule has 0 aliphatic rings. The predicted molar refractivity (Wildman–Crippen MR) is 82.0 cm³/mol. The SMILES string of the molecule is CCCNc1cc(NCC(=O)N(C)C)nc(CCC)n1. The van der Waals surface area contributed by atoms with Crippen LogP contribution in [0.3, 0.4) is 0 Å². The highest BCUT2D eigenvalue weighted by Crippen LogP contribution is 2.12. The summed E-state index contributed by atoms with van der Waals surface area (Å²) < 4.78 is 0. The monoisotopic (exact) mass is 279 g/mol. The minimum absolute atomic E-state index is 0.0173. The Morgan fingerprint density at radius 3 is 2.35 bits per heavy atom. The molecule has 1 aromatic rings. The van der Waals surface area contributed by atoms with E-state index in [4.69, 9.17) is 0 Å². The number of likely N-dealkylation sites (N-methyl/N-ethyl adjacent to an activating group) is 1. The molecule has 0 saturated heterocycles. The average Bonchev–Trinajstić information content (AvgIpc) is 2.42. The third kappa shape index (κ3) is 5.42. The zero-order valence-electron chi connectivity index (χ0n) is 12.9. The van der Waals surface area contributed by atoms with Gasteiger partial charge in [0.15, 0.2) is 0 Å². The number of nitrogens with one attached hydrogen (secondary N) is 2. The normalized spacial score (nSPS) is 10.2. The summed E-state index contributed by atoms with van der Waals surface area (Å²) in [4.78, 5) is 22.0. The molecule has 20 heavy (non-hydrogen) atoms. The quantitative estimate of drug-likeness (QED) is 0.758. The lowest BCUT2D eigenvalue weighted by atomic mass is 10.3. The molecule has 1 amide bonds. The number of anilines is 2. The van der Waals surface area contributed by atoms with E-state index in [2.05, 4.69) is 34.4 Å². The Morgan fingerprint density at radius 2 is 1.80 bits per heavy atom. The van der Waals surface area contributed by atoms with Crippen molar-refractivity contribution in [1.82, 2.24) is 14.9 Å². The lowest BCUT2D eigenvalue weighted by molar-refractivity contribution is -0.126. The van der Waals surface area contributed by atoms with Crippen molar-refractivity contribution in [2.75, 3.05) is 37.8 Å². The van der Waals surface area contributed by atoms with Crippen molar-refractivity contribution >= 4 is 17.5 Å². The standard InChI is InChI=1S/C14H25N5O/c1-5-7-11-17-12(15-8-6-2)9-13(18-11)16-10-14(20)19(3)4/h9H,5-8,10H2,1-4H3,(H2,15,16,17,18). The summed E-state index contributed by atoms with van der Waals surface area (Å²) in [5.41, 5.74) is 0. The van der Waals surface area contributed by atoms with Crippen molar-refractivity contribution in [3.63, 3.8) is 0 Å². The fourth-order valence-electron chi connectivity index (χ4n) is 1.59. The first kappa shape index (κ1) is 16.2. The van der Waals surface area contributed by atoms with Crippen LogP contribution in [0.25, 0.3) is 0 Å². The van der Waals surface area contributed by atoms with Crippen LogP contribution in [0.1, 0.15) is 32.5 Å². The number of hydrogen-bond acceptors (Lipinski definition) is 5. The highest BCUT2D eigenvalue weighted by atomic mass is 16.2. The third-order valence-corrected chi connectivity index (χ3v) is 2.72. The summed E-state index contributed by atoms with van der Waals surface area (Å²) in [6.07, 6.45) is 2.86. The molecule has 1 rings (SSSR count). The van der Waals surface area contributed by atoms with Gasteiger partial charge in [-0.25, -0.2) is 9.97 Å². The van der Waals surface area contributed by atoms with Crippen LogP contribution in [-0.2, 0) is 11.2 Å². The lowest BCUT2D eigenvalue weighted by Crippen LogP contribution is -2.29. The van der Waals surface area contributed by atoms with Crippen molar-refractivity contribution in [3.8, 4) is 0 Å². The minimum Gasteiger partial charge on any atom is -0.370 e. The number of aryl methyl sites for hydroxylation is 1. The Balaban J connectivity index is 2.76. The molecule has 0 aliphatic carbocycles. The van der Waals surface area contributed by atoms with Crippen LogP contribution in [0.5, 0.6) is 0 Å². The van der Waals surface area contributed by atoms with E-state index in [0.717, 1.165) is 37.4 Å². The Kier molecular flexibility index (Phi) is 6.76. The number of nitrogens with zero attached hydrogens (tertiary/aromatic N) is 3. The number of carbonyl (C=O) groups excluding carboxylic acids is 1. The van der Waals surface area contributed by atoms with E-state index < -0.39 is 0 Å². The summed E-state index contributed by atoms with van der Waals surface area (Å²) in [6, 6.07) is 1.84. The molecule has 0 unspecified atom stereocenters.